The van der Waals surface area contributed by atoms with Gasteiger partial charge in [0.2, 0.25) is 0 Å². The van der Waals surface area contributed by atoms with E-state index in [0.717, 1.165) is 0 Å². The number of carbonyl (C=O) groups is 2. The second-order valence-corrected chi connectivity index (χ2v) is 4.35. The SMILES string of the molecule is CCOC(=O)Nc1ccc(C(C)(C)C(=O)O)cc1. The van der Waals surface area contributed by atoms with Crippen LogP contribution in [0.15, 0.2) is 24.3 Å². The quantitative estimate of drug-likeness (QED) is 0.862. The maximum Gasteiger partial charge on any atom is 0.411 e. The van der Waals surface area contributed by atoms with Gasteiger partial charge < -0.3 is 9.84 Å². The van der Waals surface area contributed by atoms with Crippen molar-refractivity contribution in [3.05, 3.63) is 29.8 Å². The normalized spacial score (nSPS) is 10.8. The van der Waals surface area contributed by atoms with Gasteiger partial charge in [-0.2, -0.15) is 0 Å². The van der Waals surface area contributed by atoms with Gasteiger partial charge in [-0.05, 0) is 38.5 Å². The second kappa shape index (κ2) is 5.53. The first-order chi connectivity index (χ1) is 8.37. The lowest BCUT2D eigenvalue weighted by atomic mass is 9.85. The number of rotatable bonds is 4. The van der Waals surface area contributed by atoms with Crippen molar-refractivity contribution in [1.29, 1.82) is 0 Å². The number of benzene rings is 1. The molecule has 98 valence electrons. The standard InChI is InChI=1S/C13H17NO4/c1-4-18-12(17)14-10-7-5-9(6-8-10)13(2,3)11(15)16/h5-8H,4H2,1-3H3,(H,14,17)(H,15,16). The summed E-state index contributed by atoms with van der Waals surface area (Å²) < 4.78 is 4.74. The highest BCUT2D eigenvalue weighted by Gasteiger charge is 2.29. The lowest BCUT2D eigenvalue weighted by molar-refractivity contribution is -0.142. The van der Waals surface area contributed by atoms with Crippen molar-refractivity contribution in [2.75, 3.05) is 11.9 Å². The zero-order chi connectivity index (χ0) is 13.8. The van der Waals surface area contributed by atoms with Gasteiger partial charge in [0.05, 0.1) is 12.0 Å². The average Bonchev–Trinajstić information content (AvgIpc) is 2.29. The van der Waals surface area contributed by atoms with Crippen LogP contribution in [0.1, 0.15) is 26.3 Å². The van der Waals surface area contributed by atoms with E-state index in [1.165, 1.54) is 0 Å². The molecule has 1 aromatic carbocycles. The molecule has 0 heterocycles. The molecule has 1 aromatic rings. The van der Waals surface area contributed by atoms with Crippen molar-refractivity contribution >= 4 is 17.7 Å². The Labute approximate surface area is 106 Å². The third kappa shape index (κ3) is 3.23. The van der Waals surface area contributed by atoms with E-state index in [4.69, 9.17) is 9.84 Å². The van der Waals surface area contributed by atoms with Crippen LogP contribution in [-0.2, 0) is 14.9 Å². The number of carboxylic acids is 1. The number of ether oxygens (including phenoxy) is 1. The van der Waals surface area contributed by atoms with Crippen LogP contribution < -0.4 is 5.32 Å². The van der Waals surface area contributed by atoms with E-state index in [2.05, 4.69) is 5.32 Å². The van der Waals surface area contributed by atoms with Crippen LogP contribution in [0.2, 0.25) is 0 Å². The Balaban J connectivity index is 2.80. The molecule has 0 atom stereocenters. The van der Waals surface area contributed by atoms with Gasteiger partial charge in [0.15, 0.2) is 0 Å². The molecular formula is C13H17NO4. The monoisotopic (exact) mass is 251 g/mol. The zero-order valence-electron chi connectivity index (χ0n) is 10.7. The largest absolute Gasteiger partial charge is 0.481 e. The predicted molar refractivity (Wildman–Crippen MR) is 67.7 cm³/mol. The number of aliphatic carboxylic acids is 1. The van der Waals surface area contributed by atoms with E-state index >= 15 is 0 Å². The number of hydrogen-bond acceptors (Lipinski definition) is 3. The Morgan fingerprint density at radius 1 is 1.28 bits per heavy atom. The molecule has 0 aliphatic heterocycles. The van der Waals surface area contributed by atoms with Gasteiger partial charge in [0.25, 0.3) is 0 Å². The second-order valence-electron chi connectivity index (χ2n) is 4.35. The van der Waals surface area contributed by atoms with E-state index in [9.17, 15) is 9.59 Å². The zero-order valence-corrected chi connectivity index (χ0v) is 10.7. The number of amides is 1. The number of carboxylic acid groups (broad SMARTS) is 1. The molecule has 0 bridgehead atoms. The van der Waals surface area contributed by atoms with Crippen molar-refractivity contribution in [2.24, 2.45) is 0 Å². The highest BCUT2D eigenvalue weighted by molar-refractivity contribution is 5.85. The molecule has 0 spiro atoms. The van der Waals surface area contributed by atoms with Crippen LogP contribution >= 0.6 is 0 Å². The average molecular weight is 251 g/mol. The Hall–Kier alpha value is -2.04. The van der Waals surface area contributed by atoms with E-state index in [-0.39, 0.29) is 0 Å². The van der Waals surface area contributed by atoms with Crippen LogP contribution in [0.3, 0.4) is 0 Å². The van der Waals surface area contributed by atoms with Crippen LogP contribution in [0.5, 0.6) is 0 Å². The first kappa shape index (κ1) is 14.0. The van der Waals surface area contributed by atoms with Crippen molar-refractivity contribution in [2.45, 2.75) is 26.2 Å². The van der Waals surface area contributed by atoms with Gasteiger partial charge in [0.1, 0.15) is 0 Å². The number of hydrogen-bond donors (Lipinski definition) is 2. The minimum atomic E-state index is -0.956. The third-order valence-electron chi connectivity index (χ3n) is 2.66. The fourth-order valence-corrected chi connectivity index (χ4v) is 1.38. The molecule has 0 unspecified atom stereocenters. The summed E-state index contributed by atoms with van der Waals surface area (Å²) in [5.41, 5.74) is 0.283. The molecule has 0 aliphatic rings. The summed E-state index contributed by atoms with van der Waals surface area (Å²) in [6.07, 6.45) is -0.525. The summed E-state index contributed by atoms with van der Waals surface area (Å²) in [6, 6.07) is 6.65. The van der Waals surface area contributed by atoms with Crippen LogP contribution in [0, 0.1) is 0 Å². The van der Waals surface area contributed by atoms with E-state index in [0.29, 0.717) is 17.9 Å². The fourth-order valence-electron chi connectivity index (χ4n) is 1.38. The summed E-state index contributed by atoms with van der Waals surface area (Å²) >= 11 is 0. The predicted octanol–water partition coefficient (Wildman–Crippen LogP) is 2.62. The Morgan fingerprint density at radius 3 is 2.28 bits per heavy atom. The van der Waals surface area contributed by atoms with E-state index < -0.39 is 17.5 Å². The van der Waals surface area contributed by atoms with Gasteiger partial charge >= 0.3 is 12.1 Å². The first-order valence-electron chi connectivity index (χ1n) is 5.65. The summed E-state index contributed by atoms with van der Waals surface area (Å²) in [7, 11) is 0. The summed E-state index contributed by atoms with van der Waals surface area (Å²) in [4.78, 5) is 22.3. The van der Waals surface area contributed by atoms with Crippen LogP contribution in [0.4, 0.5) is 10.5 Å². The van der Waals surface area contributed by atoms with E-state index in [1.54, 1.807) is 45.0 Å². The summed E-state index contributed by atoms with van der Waals surface area (Å²) in [5, 5.41) is 11.6. The molecule has 5 nitrogen and oxygen atoms in total. The van der Waals surface area contributed by atoms with Gasteiger partial charge in [0, 0.05) is 5.69 Å². The number of carbonyl (C=O) groups excluding carboxylic acids is 1. The molecule has 18 heavy (non-hydrogen) atoms. The Kier molecular flexibility index (Phi) is 4.31. The lowest BCUT2D eigenvalue weighted by Gasteiger charge is -2.19. The topological polar surface area (TPSA) is 75.6 Å². The molecule has 0 aromatic heterocycles. The maximum absolute atomic E-state index is 11.2. The Bertz CT molecular complexity index is 437. The third-order valence-corrected chi connectivity index (χ3v) is 2.66. The van der Waals surface area contributed by atoms with E-state index in [1.807, 2.05) is 0 Å². The van der Waals surface area contributed by atoms with Gasteiger partial charge in [-0.25, -0.2) is 4.79 Å². The van der Waals surface area contributed by atoms with Crippen molar-refractivity contribution in [1.82, 2.24) is 0 Å². The molecule has 0 aliphatic carbocycles. The lowest BCUT2D eigenvalue weighted by Crippen LogP contribution is -2.28. The maximum atomic E-state index is 11.2. The van der Waals surface area contributed by atoms with Gasteiger partial charge in [-0.3, -0.25) is 10.1 Å². The van der Waals surface area contributed by atoms with Gasteiger partial charge in [-0.1, -0.05) is 12.1 Å². The van der Waals surface area contributed by atoms with Gasteiger partial charge in [-0.15, -0.1) is 0 Å². The van der Waals surface area contributed by atoms with Crippen molar-refractivity contribution in [3.8, 4) is 0 Å². The molecule has 0 radical (unpaired) electrons. The molecule has 0 fully saturated rings. The summed E-state index contributed by atoms with van der Waals surface area (Å²) in [6.45, 7) is 5.28. The van der Waals surface area contributed by atoms with Crippen LogP contribution in [0.25, 0.3) is 0 Å². The molecule has 0 saturated heterocycles. The minimum Gasteiger partial charge on any atom is -0.481 e. The molecule has 1 amide bonds. The molecule has 1 rings (SSSR count). The van der Waals surface area contributed by atoms with Crippen molar-refractivity contribution < 1.29 is 19.4 Å². The number of nitrogens with one attached hydrogen (secondary N) is 1. The Morgan fingerprint density at radius 2 is 1.83 bits per heavy atom. The molecule has 0 saturated carbocycles. The summed E-state index contributed by atoms with van der Waals surface area (Å²) in [5.74, 6) is -0.895. The molecule has 5 heteroatoms. The molecular weight excluding hydrogens is 234 g/mol. The number of anilines is 1. The fraction of sp³-hybridized carbons (Fsp3) is 0.385. The minimum absolute atomic E-state index is 0.302. The molecule has 2 N–H and O–H groups in total. The smallest absolute Gasteiger partial charge is 0.411 e. The first-order valence-corrected chi connectivity index (χ1v) is 5.65. The highest BCUT2D eigenvalue weighted by atomic mass is 16.5. The van der Waals surface area contributed by atoms with Crippen LogP contribution in [-0.4, -0.2) is 23.8 Å². The van der Waals surface area contributed by atoms with Crippen molar-refractivity contribution in [3.63, 3.8) is 0 Å². The highest BCUT2D eigenvalue weighted by Crippen LogP contribution is 2.24.